The topological polar surface area (TPSA) is 136 Å². The number of oxazole rings is 1. The van der Waals surface area contributed by atoms with Crippen LogP contribution in [-0.4, -0.2) is 43.7 Å². The van der Waals surface area contributed by atoms with Gasteiger partial charge >= 0.3 is 0 Å². The molecule has 4 aromatic rings. The largest absolute Gasteiger partial charge is 0.444 e. The van der Waals surface area contributed by atoms with E-state index in [0.29, 0.717) is 29.6 Å². The van der Waals surface area contributed by atoms with Crippen molar-refractivity contribution < 1.29 is 9.52 Å². The average molecular weight is 448 g/mol. The van der Waals surface area contributed by atoms with Crippen molar-refractivity contribution in [3.8, 4) is 17.5 Å². The highest BCUT2D eigenvalue weighted by molar-refractivity contribution is 7.97. The monoisotopic (exact) mass is 447 g/mol. The van der Waals surface area contributed by atoms with Gasteiger partial charge in [0, 0.05) is 49.1 Å². The lowest BCUT2D eigenvalue weighted by atomic mass is 9.87. The van der Waals surface area contributed by atoms with E-state index in [1.807, 2.05) is 12.3 Å². The van der Waals surface area contributed by atoms with E-state index in [0.717, 1.165) is 40.2 Å². The molecule has 9 nitrogen and oxygen atoms in total. The Bertz CT molecular complexity index is 1270. The number of anilines is 1. The number of aliphatic hydroxyl groups is 1. The van der Waals surface area contributed by atoms with Crippen LogP contribution in [0, 0.1) is 11.3 Å². The number of rotatable bonds is 8. The normalized spacial score (nSPS) is 17.8. The zero-order valence-electron chi connectivity index (χ0n) is 17.1. The van der Waals surface area contributed by atoms with Crippen molar-refractivity contribution in [2.75, 3.05) is 11.9 Å². The fourth-order valence-corrected chi connectivity index (χ4v) is 4.48. The Morgan fingerprint density at radius 3 is 3.03 bits per heavy atom. The van der Waals surface area contributed by atoms with Crippen molar-refractivity contribution in [1.82, 2.24) is 24.7 Å². The summed E-state index contributed by atoms with van der Waals surface area (Å²) in [6.07, 6.45) is 9.19. The fourth-order valence-electron chi connectivity index (χ4n) is 3.70. The van der Waals surface area contributed by atoms with Crippen LogP contribution in [0.4, 0.5) is 5.69 Å². The van der Waals surface area contributed by atoms with Crippen LogP contribution < -0.4 is 10.0 Å². The first-order valence-electron chi connectivity index (χ1n) is 10.3. The lowest BCUT2D eigenvalue weighted by molar-refractivity contribution is 0.298. The van der Waals surface area contributed by atoms with E-state index in [-0.39, 0.29) is 12.6 Å². The number of fused-ring (bicyclic) bond motifs is 1. The van der Waals surface area contributed by atoms with E-state index in [1.54, 1.807) is 30.8 Å². The van der Waals surface area contributed by atoms with Crippen LogP contribution >= 0.6 is 11.9 Å². The fraction of sp³-hybridized carbons (Fsp3) is 0.273. The molecule has 4 aromatic heterocycles. The van der Waals surface area contributed by atoms with E-state index in [2.05, 4.69) is 36.0 Å². The van der Waals surface area contributed by atoms with Gasteiger partial charge in [0.25, 0.3) is 0 Å². The third-order valence-corrected chi connectivity index (χ3v) is 6.30. The van der Waals surface area contributed by atoms with Crippen molar-refractivity contribution in [2.45, 2.75) is 36.4 Å². The third-order valence-electron chi connectivity index (χ3n) is 5.42. The molecule has 162 valence electrons. The molecule has 1 saturated carbocycles. The number of nitriles is 1. The van der Waals surface area contributed by atoms with Crippen LogP contribution in [-0.2, 0) is 6.42 Å². The molecule has 0 saturated heterocycles. The van der Waals surface area contributed by atoms with E-state index in [9.17, 15) is 0 Å². The lowest BCUT2D eigenvalue weighted by Gasteiger charge is -2.37. The molecule has 4 N–H and O–H groups in total. The predicted molar refractivity (Wildman–Crippen MR) is 121 cm³/mol. The minimum atomic E-state index is 0.0248. The second-order valence-electron chi connectivity index (χ2n) is 7.63. The van der Waals surface area contributed by atoms with Gasteiger partial charge in [0.2, 0.25) is 5.89 Å². The number of H-pyrrole nitrogens is 1. The van der Waals surface area contributed by atoms with Gasteiger partial charge in [-0.2, -0.15) is 5.26 Å². The molecule has 1 fully saturated rings. The zero-order valence-corrected chi connectivity index (χ0v) is 17.9. The summed E-state index contributed by atoms with van der Waals surface area (Å²) in [5, 5.41) is 23.6. The van der Waals surface area contributed by atoms with Crippen LogP contribution in [0.5, 0.6) is 0 Å². The first kappa shape index (κ1) is 20.5. The number of aliphatic hydroxyl groups excluding tert-OH is 1. The summed E-state index contributed by atoms with van der Waals surface area (Å²) in [5.74, 6) is 0.486. The first-order chi connectivity index (χ1) is 15.7. The van der Waals surface area contributed by atoms with Gasteiger partial charge < -0.3 is 19.8 Å². The highest BCUT2D eigenvalue weighted by atomic mass is 32.2. The number of hydrogen-bond donors (Lipinski definition) is 4. The number of pyridine rings is 2. The number of nitrogens with zero attached hydrogens (tertiary/aromatic N) is 4. The minimum Gasteiger partial charge on any atom is -0.444 e. The number of aromatic amines is 1. The Labute approximate surface area is 188 Å². The Kier molecular flexibility index (Phi) is 5.77. The molecule has 0 aliphatic heterocycles. The summed E-state index contributed by atoms with van der Waals surface area (Å²) < 4.78 is 9.10. The molecule has 0 atom stereocenters. The van der Waals surface area contributed by atoms with E-state index in [4.69, 9.17) is 14.8 Å². The highest BCUT2D eigenvalue weighted by Gasteiger charge is 2.30. The number of hydrogen-bond acceptors (Lipinski definition) is 9. The molecule has 4 heterocycles. The molecule has 1 aliphatic rings. The summed E-state index contributed by atoms with van der Waals surface area (Å²) in [6, 6.07) is 8.23. The van der Waals surface area contributed by atoms with Gasteiger partial charge in [-0.25, -0.2) is 15.0 Å². The van der Waals surface area contributed by atoms with Gasteiger partial charge in [-0.1, -0.05) is 0 Å². The molecule has 0 aromatic carbocycles. The smallest absolute Gasteiger partial charge is 0.229 e. The van der Waals surface area contributed by atoms with Crippen LogP contribution in [0.15, 0.2) is 52.5 Å². The second kappa shape index (κ2) is 9.00. The SMILES string of the molecule is N#Cc1ccnc(SNC2CC(Nc3c(-c4nc(CCO)co4)cnc4[nH]ccc34)C2)c1. The van der Waals surface area contributed by atoms with Crippen molar-refractivity contribution in [3.05, 3.63) is 54.3 Å². The van der Waals surface area contributed by atoms with Crippen LogP contribution in [0.3, 0.4) is 0 Å². The van der Waals surface area contributed by atoms with Crippen molar-refractivity contribution in [3.63, 3.8) is 0 Å². The molecular formula is C22H21N7O2S. The van der Waals surface area contributed by atoms with Gasteiger partial charge in [-0.3, -0.25) is 4.72 Å². The number of aromatic nitrogens is 4. The van der Waals surface area contributed by atoms with Crippen LogP contribution in [0.25, 0.3) is 22.5 Å². The lowest BCUT2D eigenvalue weighted by Crippen LogP contribution is -2.45. The Balaban J connectivity index is 1.27. The Hall–Kier alpha value is -3.39. The molecule has 5 rings (SSSR count). The van der Waals surface area contributed by atoms with Crippen LogP contribution in [0.1, 0.15) is 24.1 Å². The highest BCUT2D eigenvalue weighted by Crippen LogP contribution is 2.36. The molecule has 0 spiro atoms. The maximum absolute atomic E-state index is 9.16. The van der Waals surface area contributed by atoms with Gasteiger partial charge in [0.05, 0.1) is 28.6 Å². The van der Waals surface area contributed by atoms with Gasteiger partial charge in [0.1, 0.15) is 16.9 Å². The summed E-state index contributed by atoms with van der Waals surface area (Å²) >= 11 is 1.45. The summed E-state index contributed by atoms with van der Waals surface area (Å²) in [4.78, 5) is 16.4. The molecule has 0 amide bonds. The molecule has 10 heteroatoms. The minimum absolute atomic E-state index is 0.0248. The van der Waals surface area contributed by atoms with Crippen LogP contribution in [0.2, 0.25) is 0 Å². The van der Waals surface area contributed by atoms with Crippen molar-refractivity contribution in [2.24, 2.45) is 0 Å². The molecule has 0 radical (unpaired) electrons. The maximum atomic E-state index is 9.16. The molecule has 0 unspecified atom stereocenters. The van der Waals surface area contributed by atoms with Crippen molar-refractivity contribution in [1.29, 1.82) is 5.26 Å². The van der Waals surface area contributed by atoms with E-state index >= 15 is 0 Å². The summed E-state index contributed by atoms with van der Waals surface area (Å²) in [5.41, 5.74) is 3.85. The van der Waals surface area contributed by atoms with Gasteiger partial charge in [-0.15, -0.1) is 0 Å². The molecule has 0 bridgehead atoms. The maximum Gasteiger partial charge on any atom is 0.229 e. The van der Waals surface area contributed by atoms with Crippen molar-refractivity contribution >= 4 is 28.7 Å². The molecular weight excluding hydrogens is 426 g/mol. The van der Waals surface area contributed by atoms with Gasteiger partial charge in [0.15, 0.2) is 0 Å². The zero-order chi connectivity index (χ0) is 21.9. The first-order valence-corrected chi connectivity index (χ1v) is 11.1. The predicted octanol–water partition coefficient (Wildman–Crippen LogP) is 3.26. The standard InChI is InChI=1S/C22H21N7O2S/c23-10-13-1-4-24-19(7-13)32-29-16-8-15(9-16)27-20-17-2-5-25-21(17)26-11-18(20)22-28-14(3-6-30)12-31-22/h1-2,4-5,7,11-12,15-16,29-30H,3,6,8-9H2,(H2,25,26,27). The Morgan fingerprint density at radius 1 is 1.28 bits per heavy atom. The van der Waals surface area contributed by atoms with E-state index < -0.39 is 0 Å². The second-order valence-corrected chi connectivity index (χ2v) is 8.49. The average Bonchev–Trinajstić information content (AvgIpc) is 3.45. The van der Waals surface area contributed by atoms with Gasteiger partial charge in [-0.05, 0) is 43.0 Å². The summed E-state index contributed by atoms with van der Waals surface area (Å²) in [6.45, 7) is 0.0248. The van der Waals surface area contributed by atoms with E-state index in [1.165, 1.54) is 11.9 Å². The molecule has 32 heavy (non-hydrogen) atoms. The quantitative estimate of drug-likeness (QED) is 0.300. The number of nitrogens with one attached hydrogen (secondary N) is 3. The Morgan fingerprint density at radius 2 is 2.19 bits per heavy atom. The molecule has 1 aliphatic carbocycles. The summed E-state index contributed by atoms with van der Waals surface area (Å²) in [7, 11) is 0. The third kappa shape index (κ3) is 4.18.